The number of thioether (sulfide) groups is 1. The maximum absolute atomic E-state index is 13.1. The van der Waals surface area contributed by atoms with Crippen molar-refractivity contribution in [2.24, 2.45) is 0 Å². The average Bonchev–Trinajstić information content (AvgIpc) is 3.47. The van der Waals surface area contributed by atoms with E-state index >= 15 is 0 Å². The molecule has 1 aromatic carbocycles. The number of likely N-dealkylation sites (tertiary alicyclic amines) is 1. The number of para-hydroxylation sites is 1. The number of rotatable bonds is 8. The molecule has 0 aliphatic carbocycles. The third kappa shape index (κ3) is 4.62. The van der Waals surface area contributed by atoms with E-state index in [2.05, 4.69) is 57.1 Å². The van der Waals surface area contributed by atoms with Crippen molar-refractivity contribution in [3.05, 3.63) is 59.2 Å². The molecule has 0 radical (unpaired) electrons. The number of aryl methyl sites for hydroxylation is 1. The van der Waals surface area contributed by atoms with Crippen LogP contribution >= 0.6 is 11.8 Å². The normalized spacial score (nSPS) is 14.6. The smallest absolute Gasteiger partial charge is 0.196 e. The van der Waals surface area contributed by atoms with Gasteiger partial charge in [-0.05, 0) is 71.8 Å². The van der Waals surface area contributed by atoms with E-state index in [4.69, 9.17) is 0 Å². The van der Waals surface area contributed by atoms with Crippen LogP contribution in [0.25, 0.3) is 5.69 Å². The third-order valence-electron chi connectivity index (χ3n) is 5.91. The molecule has 1 aliphatic rings. The van der Waals surface area contributed by atoms with Gasteiger partial charge in [-0.1, -0.05) is 30.0 Å². The van der Waals surface area contributed by atoms with Crippen molar-refractivity contribution >= 4 is 17.5 Å². The van der Waals surface area contributed by atoms with Crippen LogP contribution in [-0.4, -0.2) is 48.9 Å². The highest BCUT2D eigenvalue weighted by Gasteiger charge is 2.22. The molecule has 1 saturated heterocycles. The maximum Gasteiger partial charge on any atom is 0.196 e. The summed E-state index contributed by atoms with van der Waals surface area (Å²) in [5, 5.41) is 9.74. The Bertz CT molecular complexity index is 1050. The van der Waals surface area contributed by atoms with Gasteiger partial charge in [0, 0.05) is 28.7 Å². The number of ketones is 1. The van der Waals surface area contributed by atoms with Gasteiger partial charge >= 0.3 is 0 Å². The molecule has 0 N–H and O–H groups in total. The molecule has 1 aliphatic heterocycles. The first-order chi connectivity index (χ1) is 15.0. The van der Waals surface area contributed by atoms with Crippen LogP contribution in [0.15, 0.2) is 41.6 Å². The lowest BCUT2D eigenvalue weighted by Gasteiger charge is -2.16. The van der Waals surface area contributed by atoms with Crippen molar-refractivity contribution in [1.29, 1.82) is 0 Å². The van der Waals surface area contributed by atoms with Crippen LogP contribution in [-0.2, 0) is 6.54 Å². The molecule has 0 atom stereocenters. The number of aromatic nitrogens is 4. The highest BCUT2D eigenvalue weighted by atomic mass is 32.2. The molecule has 31 heavy (non-hydrogen) atoms. The van der Waals surface area contributed by atoms with Crippen molar-refractivity contribution in [2.45, 2.75) is 58.3 Å². The lowest BCUT2D eigenvalue weighted by atomic mass is 10.2. The highest BCUT2D eigenvalue weighted by molar-refractivity contribution is 7.99. The van der Waals surface area contributed by atoms with Gasteiger partial charge < -0.3 is 4.57 Å². The molecule has 2 aromatic heterocycles. The lowest BCUT2D eigenvalue weighted by molar-refractivity contribution is 0.102. The highest BCUT2D eigenvalue weighted by Crippen LogP contribution is 2.26. The van der Waals surface area contributed by atoms with Crippen LogP contribution in [0.4, 0.5) is 0 Å². The summed E-state index contributed by atoms with van der Waals surface area (Å²) in [6.07, 6.45) is 2.48. The number of hydrogen-bond donors (Lipinski definition) is 0. The van der Waals surface area contributed by atoms with Gasteiger partial charge in [-0.25, -0.2) is 0 Å². The van der Waals surface area contributed by atoms with Crippen LogP contribution in [0.1, 0.15) is 60.3 Å². The van der Waals surface area contributed by atoms with Crippen molar-refractivity contribution in [2.75, 3.05) is 18.8 Å². The summed E-state index contributed by atoms with van der Waals surface area (Å²) in [4.78, 5) is 15.5. The minimum Gasteiger partial charge on any atom is -0.346 e. The van der Waals surface area contributed by atoms with Gasteiger partial charge in [0.25, 0.3) is 0 Å². The van der Waals surface area contributed by atoms with Crippen molar-refractivity contribution in [3.63, 3.8) is 0 Å². The zero-order chi connectivity index (χ0) is 22.0. The molecule has 0 amide bonds. The zero-order valence-electron chi connectivity index (χ0n) is 18.8. The van der Waals surface area contributed by atoms with Crippen molar-refractivity contribution in [3.8, 4) is 5.69 Å². The Labute approximate surface area is 188 Å². The summed E-state index contributed by atoms with van der Waals surface area (Å²) in [6.45, 7) is 11.4. The van der Waals surface area contributed by atoms with E-state index in [1.54, 1.807) is 0 Å². The Kier molecular flexibility index (Phi) is 6.62. The maximum atomic E-state index is 13.1. The topological polar surface area (TPSA) is 56.0 Å². The summed E-state index contributed by atoms with van der Waals surface area (Å²) in [5.41, 5.74) is 4.01. The molecule has 0 spiro atoms. The van der Waals surface area contributed by atoms with Gasteiger partial charge in [0.2, 0.25) is 0 Å². The minimum atomic E-state index is 0.133. The third-order valence-corrected chi connectivity index (χ3v) is 6.84. The number of nitrogens with zero attached hydrogens (tertiary/aromatic N) is 5. The second-order valence-electron chi connectivity index (χ2n) is 8.51. The Morgan fingerprint density at radius 3 is 2.45 bits per heavy atom. The van der Waals surface area contributed by atoms with E-state index < -0.39 is 0 Å². The first-order valence-corrected chi connectivity index (χ1v) is 12.0. The second kappa shape index (κ2) is 9.40. The lowest BCUT2D eigenvalue weighted by Crippen LogP contribution is -2.21. The largest absolute Gasteiger partial charge is 0.346 e. The molecule has 0 saturated carbocycles. The van der Waals surface area contributed by atoms with E-state index in [1.807, 2.05) is 31.2 Å². The van der Waals surface area contributed by atoms with E-state index in [-0.39, 0.29) is 5.78 Å². The number of Topliss-reactive ketones (excluding diaryl/α,β-unsaturated/α-hetero) is 1. The van der Waals surface area contributed by atoms with E-state index in [1.165, 1.54) is 24.6 Å². The van der Waals surface area contributed by atoms with Crippen LogP contribution < -0.4 is 0 Å². The van der Waals surface area contributed by atoms with Crippen LogP contribution in [0.5, 0.6) is 0 Å². The fraction of sp³-hybridized carbons (Fsp3) is 0.458. The molecule has 164 valence electrons. The summed E-state index contributed by atoms with van der Waals surface area (Å²) < 4.78 is 4.33. The number of carbonyl (C=O) groups excluding carboxylic acids is 1. The second-order valence-corrected chi connectivity index (χ2v) is 9.46. The Balaban J connectivity index is 1.56. The molecule has 6 nitrogen and oxygen atoms in total. The minimum absolute atomic E-state index is 0.133. The molecule has 7 heteroatoms. The molecular formula is C24H31N5OS. The monoisotopic (exact) mass is 437 g/mol. The number of benzene rings is 1. The van der Waals surface area contributed by atoms with Gasteiger partial charge in [-0.3, -0.25) is 14.3 Å². The van der Waals surface area contributed by atoms with Gasteiger partial charge in [0.1, 0.15) is 0 Å². The fourth-order valence-electron chi connectivity index (χ4n) is 4.54. The van der Waals surface area contributed by atoms with Gasteiger partial charge in [-0.15, -0.1) is 10.2 Å². The molecule has 0 unspecified atom stereocenters. The zero-order valence-corrected chi connectivity index (χ0v) is 19.7. The number of hydrogen-bond acceptors (Lipinski definition) is 5. The predicted molar refractivity (Wildman–Crippen MR) is 125 cm³/mol. The first-order valence-electron chi connectivity index (χ1n) is 11.0. The van der Waals surface area contributed by atoms with Crippen LogP contribution in [0, 0.1) is 13.8 Å². The summed E-state index contributed by atoms with van der Waals surface area (Å²) >= 11 is 1.47. The van der Waals surface area contributed by atoms with E-state index in [0.717, 1.165) is 53.3 Å². The van der Waals surface area contributed by atoms with Gasteiger partial charge in [0.15, 0.2) is 16.8 Å². The molecule has 3 aromatic rings. The van der Waals surface area contributed by atoms with Gasteiger partial charge in [0.05, 0.1) is 12.3 Å². The summed E-state index contributed by atoms with van der Waals surface area (Å²) in [6, 6.07) is 12.5. The van der Waals surface area contributed by atoms with Crippen molar-refractivity contribution in [1.82, 2.24) is 24.2 Å². The quantitative estimate of drug-likeness (QED) is 0.373. The SMILES string of the molecule is Cc1cc(C(=O)CSc2nnc(CN3CCCC3)n2-c2ccccc2)c(C)n1C(C)C. The molecule has 4 rings (SSSR count). The molecule has 3 heterocycles. The van der Waals surface area contributed by atoms with Crippen LogP contribution in [0.3, 0.4) is 0 Å². The van der Waals surface area contributed by atoms with E-state index in [0.29, 0.717) is 11.8 Å². The Morgan fingerprint density at radius 1 is 1.10 bits per heavy atom. The Hall–Kier alpha value is -2.38. The summed E-state index contributed by atoms with van der Waals surface area (Å²) in [7, 11) is 0. The average molecular weight is 438 g/mol. The fourth-order valence-corrected chi connectivity index (χ4v) is 5.39. The molecular weight excluding hydrogens is 406 g/mol. The van der Waals surface area contributed by atoms with E-state index in [9.17, 15) is 4.79 Å². The number of carbonyl (C=O) groups is 1. The van der Waals surface area contributed by atoms with Crippen LogP contribution in [0.2, 0.25) is 0 Å². The predicted octanol–water partition coefficient (Wildman–Crippen LogP) is 4.84. The first kappa shape index (κ1) is 21.8. The molecule has 0 bridgehead atoms. The van der Waals surface area contributed by atoms with Crippen molar-refractivity contribution < 1.29 is 4.79 Å². The van der Waals surface area contributed by atoms with Gasteiger partial charge in [-0.2, -0.15) is 0 Å². The Morgan fingerprint density at radius 2 is 1.81 bits per heavy atom. The molecule has 1 fully saturated rings. The summed E-state index contributed by atoms with van der Waals surface area (Å²) in [5.74, 6) is 1.41. The standard InChI is InChI=1S/C24H31N5OS/c1-17(2)28-18(3)14-21(19(28)4)22(30)16-31-24-26-25-23(15-27-12-8-9-13-27)29(24)20-10-6-5-7-11-20/h5-7,10-11,14,17H,8-9,12-13,15-16H2,1-4H3.